The Hall–Kier alpha value is -1.77. The second-order valence-corrected chi connectivity index (χ2v) is 5.92. The van der Waals surface area contributed by atoms with Crippen molar-refractivity contribution >= 4 is 22.3 Å². The van der Waals surface area contributed by atoms with Gasteiger partial charge in [-0.15, -0.1) is 0 Å². The van der Waals surface area contributed by atoms with Crippen molar-refractivity contribution in [2.75, 3.05) is 23.3 Å². The summed E-state index contributed by atoms with van der Waals surface area (Å²) in [6.45, 7) is 6.60. The number of nitrogens with zero attached hydrogens (tertiary/aromatic N) is 2. The lowest BCUT2D eigenvalue weighted by molar-refractivity contribution is 0.575. The third kappa shape index (κ3) is 2.72. The summed E-state index contributed by atoms with van der Waals surface area (Å²) in [5.41, 5.74) is 1.18. The average Bonchev–Trinajstić information content (AvgIpc) is 2.46. The summed E-state index contributed by atoms with van der Waals surface area (Å²) in [4.78, 5) is 7.06. The lowest BCUT2D eigenvalue weighted by Gasteiger charge is -2.28. The smallest absolute Gasteiger partial charge is 0.136 e. The van der Waals surface area contributed by atoms with Crippen LogP contribution in [0, 0.1) is 0 Å². The molecule has 3 rings (SSSR count). The van der Waals surface area contributed by atoms with Crippen molar-refractivity contribution in [3.63, 3.8) is 0 Å². The Balaban J connectivity index is 1.97. The van der Waals surface area contributed by atoms with Crippen molar-refractivity contribution in [2.45, 2.75) is 39.2 Å². The topological polar surface area (TPSA) is 28.2 Å². The molecule has 3 heteroatoms. The third-order valence-electron chi connectivity index (χ3n) is 3.85. The van der Waals surface area contributed by atoms with Gasteiger partial charge in [-0.2, -0.15) is 0 Å². The number of pyridine rings is 1. The highest BCUT2D eigenvalue weighted by Crippen LogP contribution is 2.28. The maximum atomic E-state index is 4.63. The first-order valence-electron chi connectivity index (χ1n) is 7.64. The minimum Gasteiger partial charge on any atom is -0.383 e. The fraction of sp³-hybridized carbons (Fsp3) is 0.471. The predicted molar refractivity (Wildman–Crippen MR) is 86.6 cm³/mol. The monoisotopic (exact) mass is 269 g/mol. The molecule has 0 bridgehead atoms. The molecule has 1 aromatic heterocycles. The molecule has 0 aliphatic carbocycles. The van der Waals surface area contributed by atoms with Crippen LogP contribution in [0.4, 0.5) is 11.5 Å². The molecule has 0 radical (unpaired) electrons. The molecule has 1 fully saturated rings. The lowest BCUT2D eigenvalue weighted by atomic mass is 10.1. The van der Waals surface area contributed by atoms with Gasteiger partial charge >= 0.3 is 0 Å². The molecule has 0 unspecified atom stereocenters. The summed E-state index contributed by atoms with van der Waals surface area (Å²) in [6.07, 6.45) is 5.85. The van der Waals surface area contributed by atoms with E-state index in [0.29, 0.717) is 6.04 Å². The van der Waals surface area contributed by atoms with Crippen LogP contribution in [-0.2, 0) is 0 Å². The Kier molecular flexibility index (Phi) is 3.77. The van der Waals surface area contributed by atoms with Crippen molar-refractivity contribution in [3.05, 3.63) is 30.5 Å². The van der Waals surface area contributed by atoms with E-state index in [0.717, 1.165) is 18.9 Å². The number of aromatic nitrogens is 1. The molecule has 0 saturated carbocycles. The standard InChI is InChI=1S/C17H23N3/c1-13(2)19-15-6-7-16-14(12-15)8-9-18-17(16)20-10-4-3-5-11-20/h6-9,12-13,19H,3-5,10-11H2,1-2H3. The van der Waals surface area contributed by atoms with Gasteiger partial charge in [0.15, 0.2) is 0 Å². The number of anilines is 2. The van der Waals surface area contributed by atoms with Crippen LogP contribution in [0.2, 0.25) is 0 Å². The van der Waals surface area contributed by atoms with Gasteiger partial charge < -0.3 is 10.2 Å². The summed E-state index contributed by atoms with van der Waals surface area (Å²) < 4.78 is 0. The molecule has 20 heavy (non-hydrogen) atoms. The first-order valence-corrected chi connectivity index (χ1v) is 7.64. The molecular formula is C17H23N3. The Morgan fingerprint density at radius 3 is 2.65 bits per heavy atom. The van der Waals surface area contributed by atoms with Crippen LogP contribution >= 0.6 is 0 Å². The maximum Gasteiger partial charge on any atom is 0.136 e. The summed E-state index contributed by atoms with van der Waals surface area (Å²) >= 11 is 0. The van der Waals surface area contributed by atoms with Crippen molar-refractivity contribution in [3.8, 4) is 0 Å². The minimum absolute atomic E-state index is 0.454. The largest absolute Gasteiger partial charge is 0.383 e. The van der Waals surface area contributed by atoms with Gasteiger partial charge in [-0.25, -0.2) is 4.98 Å². The fourth-order valence-electron chi connectivity index (χ4n) is 2.94. The number of benzene rings is 1. The van der Waals surface area contributed by atoms with E-state index in [1.807, 2.05) is 6.20 Å². The zero-order valence-corrected chi connectivity index (χ0v) is 12.4. The van der Waals surface area contributed by atoms with Crippen LogP contribution in [0.1, 0.15) is 33.1 Å². The highest BCUT2D eigenvalue weighted by molar-refractivity contribution is 5.94. The lowest BCUT2D eigenvalue weighted by Crippen LogP contribution is -2.30. The number of piperidine rings is 1. The van der Waals surface area contributed by atoms with Crippen molar-refractivity contribution in [2.24, 2.45) is 0 Å². The Bertz CT molecular complexity index is 586. The van der Waals surface area contributed by atoms with Gasteiger partial charge in [-0.1, -0.05) is 0 Å². The predicted octanol–water partition coefficient (Wildman–Crippen LogP) is 4.05. The zero-order valence-electron chi connectivity index (χ0n) is 12.4. The van der Waals surface area contributed by atoms with E-state index in [2.05, 4.69) is 53.3 Å². The van der Waals surface area contributed by atoms with Crippen LogP contribution in [0.3, 0.4) is 0 Å². The molecule has 2 aromatic rings. The Labute approximate surface area is 121 Å². The molecule has 3 nitrogen and oxygen atoms in total. The Morgan fingerprint density at radius 2 is 1.90 bits per heavy atom. The van der Waals surface area contributed by atoms with Gasteiger partial charge in [0.05, 0.1) is 0 Å². The van der Waals surface area contributed by atoms with Gasteiger partial charge in [-0.05, 0) is 62.8 Å². The van der Waals surface area contributed by atoms with Crippen LogP contribution in [0.5, 0.6) is 0 Å². The molecule has 1 saturated heterocycles. The maximum absolute atomic E-state index is 4.63. The number of fused-ring (bicyclic) bond motifs is 1. The van der Waals surface area contributed by atoms with Gasteiger partial charge in [-0.3, -0.25) is 0 Å². The summed E-state index contributed by atoms with van der Waals surface area (Å²) in [7, 11) is 0. The first-order chi connectivity index (χ1) is 9.74. The molecular weight excluding hydrogens is 246 g/mol. The number of hydrogen-bond donors (Lipinski definition) is 1. The minimum atomic E-state index is 0.454. The van der Waals surface area contributed by atoms with Crippen molar-refractivity contribution < 1.29 is 0 Å². The van der Waals surface area contributed by atoms with E-state index in [4.69, 9.17) is 0 Å². The van der Waals surface area contributed by atoms with Crippen LogP contribution < -0.4 is 10.2 Å². The summed E-state index contributed by atoms with van der Waals surface area (Å²) in [5.74, 6) is 1.15. The fourth-order valence-corrected chi connectivity index (χ4v) is 2.94. The van der Waals surface area contributed by atoms with Crippen molar-refractivity contribution in [1.29, 1.82) is 0 Å². The van der Waals surface area contributed by atoms with E-state index in [1.165, 1.54) is 35.7 Å². The molecule has 1 aromatic carbocycles. The van der Waals surface area contributed by atoms with E-state index < -0.39 is 0 Å². The van der Waals surface area contributed by atoms with Gasteiger partial charge in [0, 0.05) is 36.4 Å². The highest BCUT2D eigenvalue weighted by atomic mass is 15.2. The number of rotatable bonds is 3. The molecule has 1 N–H and O–H groups in total. The zero-order chi connectivity index (χ0) is 13.9. The quantitative estimate of drug-likeness (QED) is 0.911. The molecule has 1 aliphatic rings. The van der Waals surface area contributed by atoms with E-state index in [1.54, 1.807) is 0 Å². The van der Waals surface area contributed by atoms with E-state index in [-0.39, 0.29) is 0 Å². The molecule has 106 valence electrons. The van der Waals surface area contributed by atoms with E-state index >= 15 is 0 Å². The average molecular weight is 269 g/mol. The van der Waals surface area contributed by atoms with Gasteiger partial charge in [0.1, 0.15) is 5.82 Å². The second-order valence-electron chi connectivity index (χ2n) is 5.92. The van der Waals surface area contributed by atoms with Crippen LogP contribution in [0.15, 0.2) is 30.5 Å². The molecule has 0 spiro atoms. The Morgan fingerprint density at radius 1 is 1.10 bits per heavy atom. The molecule has 1 aliphatic heterocycles. The summed E-state index contributed by atoms with van der Waals surface area (Å²) in [5, 5.41) is 6.00. The molecule has 0 atom stereocenters. The second kappa shape index (κ2) is 5.70. The van der Waals surface area contributed by atoms with E-state index in [9.17, 15) is 0 Å². The van der Waals surface area contributed by atoms with Crippen molar-refractivity contribution in [1.82, 2.24) is 4.98 Å². The first kappa shape index (κ1) is 13.2. The number of hydrogen-bond acceptors (Lipinski definition) is 3. The molecule has 2 heterocycles. The highest BCUT2D eigenvalue weighted by Gasteiger charge is 2.14. The third-order valence-corrected chi connectivity index (χ3v) is 3.85. The number of nitrogens with one attached hydrogen (secondary N) is 1. The van der Waals surface area contributed by atoms with Gasteiger partial charge in [0.25, 0.3) is 0 Å². The molecule has 0 amide bonds. The van der Waals surface area contributed by atoms with Crippen LogP contribution in [-0.4, -0.2) is 24.1 Å². The normalized spacial score (nSPS) is 15.8. The van der Waals surface area contributed by atoms with Crippen LogP contribution in [0.25, 0.3) is 10.8 Å². The summed E-state index contributed by atoms with van der Waals surface area (Å²) in [6, 6.07) is 9.16. The van der Waals surface area contributed by atoms with Gasteiger partial charge in [0.2, 0.25) is 0 Å². The SMILES string of the molecule is CC(C)Nc1ccc2c(N3CCCCC3)nccc2c1.